The number of carbonyl (C=O) groups is 1. The van der Waals surface area contributed by atoms with Gasteiger partial charge in [-0.15, -0.1) is 0 Å². The quantitative estimate of drug-likeness (QED) is 0.139. The molecule has 4 aromatic rings. The summed E-state index contributed by atoms with van der Waals surface area (Å²) < 4.78 is 18.0. The number of anilines is 1. The fraction of sp³-hybridized carbons (Fsp3) is 0.393. The molecule has 0 saturated carbocycles. The lowest BCUT2D eigenvalue weighted by atomic mass is 9.99. The number of aliphatic hydroxyl groups is 4. The molecule has 1 aliphatic rings. The number of nitro groups is 1. The Morgan fingerprint density at radius 3 is 2.65 bits per heavy atom. The maximum absolute atomic E-state index is 12.8. The van der Waals surface area contributed by atoms with Crippen LogP contribution in [0.3, 0.4) is 0 Å². The molecule has 5 rings (SSSR count). The number of carbonyl (C=O) groups excluding carboxylic acids is 1. The SMILES string of the molecule is CC(C)Cn1cnc2c(NC(=O)OCc3ccc(O[C@H]4O[C@H](CO)[C@@H](O)[C@H](O)[C@@H]4O)c([N+](=O)[O-])c3)nc3ccccc3c21. The Morgan fingerprint density at radius 1 is 1.16 bits per heavy atom. The Balaban J connectivity index is 1.31. The summed E-state index contributed by atoms with van der Waals surface area (Å²) in [5.74, 6) is 0.237. The second-order valence-corrected chi connectivity index (χ2v) is 10.5. The van der Waals surface area contributed by atoms with Crippen LogP contribution in [0, 0.1) is 16.0 Å². The molecule has 1 aliphatic heterocycles. The lowest BCUT2D eigenvalue weighted by Gasteiger charge is -2.39. The van der Waals surface area contributed by atoms with E-state index in [0.29, 0.717) is 23.5 Å². The zero-order valence-corrected chi connectivity index (χ0v) is 23.2. The second kappa shape index (κ2) is 12.4. The number of aromatic nitrogens is 3. The van der Waals surface area contributed by atoms with Gasteiger partial charge in [-0.2, -0.15) is 0 Å². The summed E-state index contributed by atoms with van der Waals surface area (Å²) in [5.41, 5.74) is 1.68. The summed E-state index contributed by atoms with van der Waals surface area (Å²) in [6.07, 6.45) is -7.11. The normalized spacial score (nSPS) is 22.2. The van der Waals surface area contributed by atoms with Crippen LogP contribution in [0.15, 0.2) is 48.8 Å². The van der Waals surface area contributed by atoms with Gasteiger partial charge >= 0.3 is 11.8 Å². The molecule has 1 amide bonds. The Kier molecular flexibility index (Phi) is 8.70. The summed E-state index contributed by atoms with van der Waals surface area (Å²) in [4.78, 5) is 32.8. The van der Waals surface area contributed by atoms with Crippen LogP contribution in [0.4, 0.5) is 16.3 Å². The van der Waals surface area contributed by atoms with Gasteiger partial charge in [-0.25, -0.2) is 14.8 Å². The molecule has 15 nitrogen and oxygen atoms in total. The molecule has 2 aromatic heterocycles. The van der Waals surface area contributed by atoms with Crippen molar-refractivity contribution < 1.29 is 44.4 Å². The Morgan fingerprint density at radius 2 is 1.93 bits per heavy atom. The number of amides is 1. The van der Waals surface area contributed by atoms with E-state index in [1.165, 1.54) is 12.1 Å². The van der Waals surface area contributed by atoms with Gasteiger partial charge < -0.3 is 39.2 Å². The molecule has 1 fully saturated rings. The van der Waals surface area contributed by atoms with Gasteiger partial charge in [0.25, 0.3) is 0 Å². The molecule has 5 N–H and O–H groups in total. The van der Waals surface area contributed by atoms with E-state index in [0.717, 1.165) is 17.0 Å². The molecule has 0 unspecified atom stereocenters. The van der Waals surface area contributed by atoms with Crippen molar-refractivity contribution in [1.82, 2.24) is 14.5 Å². The Labute approximate surface area is 244 Å². The summed E-state index contributed by atoms with van der Waals surface area (Å²) in [6, 6.07) is 11.2. The van der Waals surface area contributed by atoms with Gasteiger partial charge in [0.1, 0.15) is 36.5 Å². The number of hydrogen-bond acceptors (Lipinski definition) is 12. The third-order valence-electron chi connectivity index (χ3n) is 6.92. The Bertz CT molecular complexity index is 1640. The number of fused-ring (bicyclic) bond motifs is 3. The van der Waals surface area contributed by atoms with Gasteiger partial charge in [-0.3, -0.25) is 15.4 Å². The lowest BCUT2D eigenvalue weighted by molar-refractivity contribution is -0.387. The van der Waals surface area contributed by atoms with Crippen molar-refractivity contribution in [3.05, 3.63) is 64.5 Å². The summed E-state index contributed by atoms with van der Waals surface area (Å²) in [7, 11) is 0. The van der Waals surface area contributed by atoms with E-state index >= 15 is 0 Å². The van der Waals surface area contributed by atoms with Gasteiger partial charge in [-0.05, 0) is 23.6 Å². The number of ether oxygens (including phenoxy) is 3. The fourth-order valence-electron chi connectivity index (χ4n) is 4.87. The van der Waals surface area contributed by atoms with Crippen LogP contribution in [0.25, 0.3) is 21.9 Å². The summed E-state index contributed by atoms with van der Waals surface area (Å²) in [6.45, 7) is 3.86. The number of nitrogens with one attached hydrogen (secondary N) is 1. The standard InChI is InChI=1S/C28H31N5O10/c1-14(2)10-32-13-29-21-22(32)16-5-3-4-6-17(16)30-26(21)31-28(38)41-12-15-7-8-19(18(9-15)33(39)40)42-27-25(37)24(36)23(35)20(11-34)43-27/h3-9,13-14,20,23-25,27,34-37H,10-12H2,1-2H3,(H,30,31,38)/t20-,23-,24+,25+,27+/m1/s1. The number of hydrogen-bond donors (Lipinski definition) is 5. The topological polar surface area (TPSA) is 212 Å². The van der Waals surface area contributed by atoms with E-state index in [2.05, 4.69) is 29.1 Å². The smallest absolute Gasteiger partial charge is 0.413 e. The molecule has 0 radical (unpaired) electrons. The van der Waals surface area contributed by atoms with Crippen LogP contribution in [0.2, 0.25) is 0 Å². The first kappa shape index (κ1) is 30.1. The van der Waals surface area contributed by atoms with Crippen molar-refractivity contribution in [2.75, 3.05) is 11.9 Å². The van der Waals surface area contributed by atoms with Crippen molar-refractivity contribution >= 4 is 39.5 Å². The van der Waals surface area contributed by atoms with E-state index in [-0.39, 0.29) is 23.7 Å². The molecule has 2 aromatic carbocycles. The first-order chi connectivity index (χ1) is 20.6. The molecule has 3 heterocycles. The van der Waals surface area contributed by atoms with Crippen LogP contribution in [-0.2, 0) is 22.6 Å². The number of pyridine rings is 1. The van der Waals surface area contributed by atoms with Gasteiger partial charge in [0, 0.05) is 18.0 Å². The first-order valence-electron chi connectivity index (χ1n) is 13.5. The summed E-state index contributed by atoms with van der Waals surface area (Å²) >= 11 is 0. The number of aliphatic hydroxyl groups excluding tert-OH is 4. The van der Waals surface area contributed by atoms with Gasteiger partial charge in [-0.1, -0.05) is 38.1 Å². The van der Waals surface area contributed by atoms with E-state index < -0.39 is 54.0 Å². The Hall–Kier alpha value is -4.41. The van der Waals surface area contributed by atoms with E-state index in [9.17, 15) is 35.3 Å². The highest BCUT2D eigenvalue weighted by atomic mass is 16.7. The fourth-order valence-corrected chi connectivity index (χ4v) is 4.87. The molecule has 0 bridgehead atoms. The highest BCUT2D eigenvalue weighted by Crippen LogP contribution is 2.33. The molecule has 1 saturated heterocycles. The van der Waals surface area contributed by atoms with Gasteiger partial charge in [0.15, 0.2) is 11.6 Å². The van der Waals surface area contributed by atoms with Crippen LogP contribution in [0.1, 0.15) is 19.4 Å². The number of para-hydroxylation sites is 1. The third kappa shape index (κ3) is 6.21. The van der Waals surface area contributed by atoms with E-state index in [4.69, 9.17) is 14.2 Å². The zero-order valence-electron chi connectivity index (χ0n) is 23.2. The highest BCUT2D eigenvalue weighted by Gasteiger charge is 2.45. The predicted octanol–water partition coefficient (Wildman–Crippen LogP) is 2.08. The van der Waals surface area contributed by atoms with E-state index in [1.807, 2.05) is 28.8 Å². The van der Waals surface area contributed by atoms with Crippen molar-refractivity contribution in [2.24, 2.45) is 5.92 Å². The highest BCUT2D eigenvalue weighted by molar-refractivity contribution is 6.08. The monoisotopic (exact) mass is 597 g/mol. The van der Waals surface area contributed by atoms with Crippen LogP contribution >= 0.6 is 0 Å². The molecule has 228 valence electrons. The largest absolute Gasteiger partial charge is 0.455 e. The van der Waals surface area contributed by atoms with Crippen LogP contribution in [-0.4, -0.2) is 83.3 Å². The molecular weight excluding hydrogens is 566 g/mol. The zero-order chi connectivity index (χ0) is 30.8. The molecule has 0 spiro atoms. The molecule has 5 atom stereocenters. The summed E-state index contributed by atoms with van der Waals surface area (Å²) in [5, 5.41) is 54.8. The average molecular weight is 598 g/mol. The van der Waals surface area contributed by atoms with Crippen molar-refractivity contribution in [1.29, 1.82) is 0 Å². The third-order valence-corrected chi connectivity index (χ3v) is 6.92. The maximum Gasteiger partial charge on any atom is 0.413 e. The minimum Gasteiger partial charge on any atom is -0.455 e. The van der Waals surface area contributed by atoms with E-state index in [1.54, 1.807) is 6.33 Å². The minimum absolute atomic E-state index is 0.204. The minimum atomic E-state index is -1.75. The van der Waals surface area contributed by atoms with Crippen molar-refractivity contribution in [2.45, 2.75) is 57.7 Å². The number of rotatable bonds is 9. The van der Waals surface area contributed by atoms with Crippen LogP contribution in [0.5, 0.6) is 5.75 Å². The average Bonchev–Trinajstić information content (AvgIpc) is 3.40. The van der Waals surface area contributed by atoms with Crippen LogP contribution < -0.4 is 10.1 Å². The van der Waals surface area contributed by atoms with Crippen molar-refractivity contribution in [3.63, 3.8) is 0 Å². The molecule has 15 heteroatoms. The predicted molar refractivity (Wildman–Crippen MR) is 151 cm³/mol. The number of nitro benzene ring substituents is 1. The maximum atomic E-state index is 12.8. The molecular formula is C28H31N5O10. The second-order valence-electron chi connectivity index (χ2n) is 10.5. The van der Waals surface area contributed by atoms with Gasteiger partial charge in [0.05, 0.1) is 28.9 Å². The van der Waals surface area contributed by atoms with Crippen molar-refractivity contribution in [3.8, 4) is 5.75 Å². The lowest BCUT2D eigenvalue weighted by Crippen LogP contribution is -2.60. The number of benzene rings is 2. The first-order valence-corrected chi connectivity index (χ1v) is 13.5. The number of nitrogens with zero attached hydrogens (tertiary/aromatic N) is 4. The molecule has 43 heavy (non-hydrogen) atoms. The van der Waals surface area contributed by atoms with Gasteiger partial charge in [0.2, 0.25) is 6.29 Å². The molecule has 0 aliphatic carbocycles. The number of imidazole rings is 1.